The van der Waals surface area contributed by atoms with Gasteiger partial charge in [0.25, 0.3) is 0 Å². The number of rotatable bonds is 7. The molecule has 0 bridgehead atoms. The number of likely N-dealkylation sites (N-methyl/N-ethyl adjacent to an activating group) is 1. The molecule has 21 heavy (non-hydrogen) atoms. The number of aliphatic hydroxyl groups is 1. The predicted molar refractivity (Wildman–Crippen MR) is 76.1 cm³/mol. The van der Waals surface area contributed by atoms with E-state index in [0.29, 0.717) is 13.0 Å². The number of urea groups is 1. The van der Waals surface area contributed by atoms with Gasteiger partial charge in [0.05, 0.1) is 6.10 Å². The highest BCUT2D eigenvalue weighted by Crippen LogP contribution is 2.18. The van der Waals surface area contributed by atoms with Crippen molar-refractivity contribution in [3.05, 3.63) is 0 Å². The molecule has 0 radical (unpaired) electrons. The first-order valence-electron chi connectivity index (χ1n) is 6.96. The van der Waals surface area contributed by atoms with Gasteiger partial charge in [-0.1, -0.05) is 0 Å². The number of aliphatic carboxylic acids is 1. The highest BCUT2D eigenvalue weighted by molar-refractivity contribution is 5.82. The molecule has 0 saturated carbocycles. The summed E-state index contributed by atoms with van der Waals surface area (Å²) >= 11 is 0. The van der Waals surface area contributed by atoms with E-state index in [1.165, 1.54) is 12.0 Å². The van der Waals surface area contributed by atoms with Crippen LogP contribution in [-0.4, -0.2) is 91.1 Å². The number of likely N-dealkylation sites (tertiary alicyclic amines) is 1. The van der Waals surface area contributed by atoms with E-state index < -0.39 is 24.1 Å². The Morgan fingerprint density at radius 1 is 1.48 bits per heavy atom. The topological polar surface area (TPSA) is 102 Å². The number of nitrogens with one attached hydrogen (secondary N) is 1. The van der Waals surface area contributed by atoms with Crippen LogP contribution in [-0.2, 0) is 9.53 Å². The number of β-amino-alcohol motifs (C(OH)–C–C–N with tert-alkyl or cyclic N) is 1. The Kier molecular flexibility index (Phi) is 6.86. The van der Waals surface area contributed by atoms with Gasteiger partial charge in [-0.25, -0.2) is 9.59 Å². The average Bonchev–Trinajstić information content (AvgIpc) is 2.73. The number of aliphatic hydroxyl groups excluding tert-OH is 1. The van der Waals surface area contributed by atoms with Gasteiger partial charge >= 0.3 is 12.0 Å². The maximum atomic E-state index is 12.2. The van der Waals surface area contributed by atoms with Crippen LogP contribution in [0.1, 0.15) is 12.8 Å². The third-order valence-electron chi connectivity index (χ3n) is 3.44. The van der Waals surface area contributed by atoms with E-state index in [9.17, 15) is 14.7 Å². The summed E-state index contributed by atoms with van der Waals surface area (Å²) < 4.78 is 4.85. The largest absolute Gasteiger partial charge is 0.480 e. The van der Waals surface area contributed by atoms with Crippen molar-refractivity contribution in [2.45, 2.75) is 31.0 Å². The first kappa shape index (κ1) is 17.7. The summed E-state index contributed by atoms with van der Waals surface area (Å²) in [5, 5.41) is 21.3. The van der Waals surface area contributed by atoms with Crippen molar-refractivity contribution in [2.75, 3.05) is 40.9 Å². The lowest BCUT2D eigenvalue weighted by molar-refractivity contribution is -0.139. The number of amides is 2. The fraction of sp³-hybridized carbons (Fsp3) is 0.846. The Hall–Kier alpha value is -1.38. The number of hydrogen-bond donors (Lipinski definition) is 3. The Bertz CT molecular complexity index is 364. The fourth-order valence-electron chi connectivity index (χ4n) is 2.46. The molecule has 8 nitrogen and oxygen atoms in total. The molecule has 0 aromatic heterocycles. The number of methoxy groups -OCH3 is 1. The third-order valence-corrected chi connectivity index (χ3v) is 3.44. The van der Waals surface area contributed by atoms with Gasteiger partial charge in [0.15, 0.2) is 0 Å². The highest BCUT2D eigenvalue weighted by Gasteiger charge is 2.35. The van der Waals surface area contributed by atoms with Crippen LogP contribution < -0.4 is 5.32 Å². The van der Waals surface area contributed by atoms with Crippen molar-refractivity contribution in [1.29, 1.82) is 0 Å². The summed E-state index contributed by atoms with van der Waals surface area (Å²) in [4.78, 5) is 26.8. The van der Waals surface area contributed by atoms with Crippen molar-refractivity contribution in [3.63, 3.8) is 0 Å². The number of ether oxygens (including phenoxy) is 1. The Morgan fingerprint density at radius 2 is 2.14 bits per heavy atom. The molecule has 0 aliphatic carbocycles. The van der Waals surface area contributed by atoms with Gasteiger partial charge < -0.3 is 30.1 Å². The SMILES string of the molecule is COCCC(NC(=O)N1CC(O)CC1CN(C)C)C(=O)O. The van der Waals surface area contributed by atoms with E-state index in [2.05, 4.69) is 5.32 Å². The quantitative estimate of drug-likeness (QED) is 0.568. The maximum Gasteiger partial charge on any atom is 0.326 e. The van der Waals surface area contributed by atoms with Gasteiger partial charge in [0, 0.05) is 39.3 Å². The summed E-state index contributed by atoms with van der Waals surface area (Å²) in [7, 11) is 5.25. The zero-order valence-electron chi connectivity index (χ0n) is 12.8. The molecule has 0 spiro atoms. The number of carbonyl (C=O) groups is 2. The van der Waals surface area contributed by atoms with Crippen LogP contribution in [0.25, 0.3) is 0 Å². The van der Waals surface area contributed by atoms with Crippen molar-refractivity contribution in [2.24, 2.45) is 0 Å². The van der Waals surface area contributed by atoms with Gasteiger partial charge in [-0.05, 0) is 20.5 Å². The molecule has 1 aliphatic heterocycles. The van der Waals surface area contributed by atoms with Crippen molar-refractivity contribution < 1.29 is 24.5 Å². The number of carboxylic acid groups (broad SMARTS) is 1. The second-order valence-corrected chi connectivity index (χ2v) is 5.58. The van der Waals surface area contributed by atoms with Crippen LogP contribution in [0.2, 0.25) is 0 Å². The predicted octanol–water partition coefficient (Wildman–Crippen LogP) is -0.817. The van der Waals surface area contributed by atoms with Crippen LogP contribution in [0.3, 0.4) is 0 Å². The van der Waals surface area contributed by atoms with Gasteiger partial charge in [-0.15, -0.1) is 0 Å². The Balaban J connectivity index is 2.64. The molecular formula is C13H25N3O5. The minimum Gasteiger partial charge on any atom is -0.480 e. The van der Waals surface area contributed by atoms with E-state index in [1.54, 1.807) is 0 Å². The second-order valence-electron chi connectivity index (χ2n) is 5.58. The molecule has 0 aromatic rings. The van der Waals surface area contributed by atoms with Crippen molar-refractivity contribution in [1.82, 2.24) is 15.1 Å². The third kappa shape index (κ3) is 5.49. The van der Waals surface area contributed by atoms with E-state index in [0.717, 1.165) is 0 Å². The summed E-state index contributed by atoms with van der Waals surface area (Å²) in [5.41, 5.74) is 0. The first-order chi connectivity index (χ1) is 9.85. The van der Waals surface area contributed by atoms with E-state index >= 15 is 0 Å². The molecular weight excluding hydrogens is 278 g/mol. The monoisotopic (exact) mass is 303 g/mol. The molecule has 1 aliphatic rings. The van der Waals surface area contributed by atoms with Crippen LogP contribution >= 0.6 is 0 Å². The standard InChI is InChI=1S/C13H25N3O5/c1-15(2)7-9-6-10(17)8-16(9)13(20)14-11(12(18)19)4-5-21-3/h9-11,17H,4-8H2,1-3H3,(H,14,20)(H,18,19). The lowest BCUT2D eigenvalue weighted by Gasteiger charge is -2.28. The Labute approximate surface area is 124 Å². The minimum atomic E-state index is -1.09. The zero-order chi connectivity index (χ0) is 16.0. The molecule has 0 aromatic carbocycles. The number of nitrogens with zero attached hydrogens (tertiary/aromatic N) is 2. The summed E-state index contributed by atoms with van der Waals surface area (Å²) in [6, 6.07) is -1.57. The fourth-order valence-corrected chi connectivity index (χ4v) is 2.46. The van der Waals surface area contributed by atoms with Crippen LogP contribution in [0, 0.1) is 0 Å². The first-order valence-corrected chi connectivity index (χ1v) is 6.96. The second kappa shape index (κ2) is 8.16. The van der Waals surface area contributed by atoms with Crippen molar-refractivity contribution in [3.8, 4) is 0 Å². The molecule has 1 heterocycles. The van der Waals surface area contributed by atoms with Gasteiger partial charge in [-0.2, -0.15) is 0 Å². The molecule has 3 N–H and O–H groups in total. The summed E-state index contributed by atoms with van der Waals surface area (Å²) in [6.07, 6.45) is 0.135. The minimum absolute atomic E-state index is 0.119. The molecule has 8 heteroatoms. The maximum absolute atomic E-state index is 12.2. The number of carboxylic acids is 1. The number of hydrogen-bond acceptors (Lipinski definition) is 5. The number of carbonyl (C=O) groups excluding carboxylic acids is 1. The molecule has 1 rings (SSSR count). The lowest BCUT2D eigenvalue weighted by Crippen LogP contribution is -2.51. The molecule has 1 saturated heterocycles. The Morgan fingerprint density at radius 3 is 2.67 bits per heavy atom. The van der Waals surface area contributed by atoms with Crippen LogP contribution in [0.5, 0.6) is 0 Å². The zero-order valence-corrected chi connectivity index (χ0v) is 12.8. The average molecular weight is 303 g/mol. The smallest absolute Gasteiger partial charge is 0.326 e. The van der Waals surface area contributed by atoms with E-state index in [-0.39, 0.29) is 25.6 Å². The van der Waals surface area contributed by atoms with Gasteiger partial charge in [0.2, 0.25) is 0 Å². The van der Waals surface area contributed by atoms with Gasteiger partial charge in [0.1, 0.15) is 6.04 Å². The van der Waals surface area contributed by atoms with Crippen LogP contribution in [0.4, 0.5) is 4.79 Å². The summed E-state index contributed by atoms with van der Waals surface area (Å²) in [5.74, 6) is -1.09. The lowest BCUT2D eigenvalue weighted by atomic mass is 10.2. The highest BCUT2D eigenvalue weighted by atomic mass is 16.5. The van der Waals surface area contributed by atoms with E-state index in [4.69, 9.17) is 9.84 Å². The molecule has 3 unspecified atom stereocenters. The molecule has 1 fully saturated rings. The van der Waals surface area contributed by atoms with Gasteiger partial charge in [-0.3, -0.25) is 0 Å². The normalized spacial score (nSPS) is 23.4. The molecule has 122 valence electrons. The van der Waals surface area contributed by atoms with Crippen molar-refractivity contribution >= 4 is 12.0 Å². The van der Waals surface area contributed by atoms with E-state index in [1.807, 2.05) is 19.0 Å². The summed E-state index contributed by atoms with van der Waals surface area (Å²) in [6.45, 7) is 1.10. The molecule has 3 atom stereocenters. The molecule has 2 amide bonds. The van der Waals surface area contributed by atoms with Crippen LogP contribution in [0.15, 0.2) is 0 Å².